The standard InChI is InChI=1S/C19H25NO/c1-4-16-11-9-10-14-18(16)21-15(3)19(20-5-2)17-12-7-6-8-13-17/h6-15,19-20H,4-5H2,1-3H3. The van der Waals surface area contributed by atoms with E-state index in [1.807, 2.05) is 12.1 Å². The Morgan fingerprint density at radius 1 is 0.952 bits per heavy atom. The highest BCUT2D eigenvalue weighted by molar-refractivity contribution is 5.33. The molecule has 2 nitrogen and oxygen atoms in total. The Kier molecular flexibility index (Phi) is 5.82. The largest absolute Gasteiger partial charge is 0.488 e. The fourth-order valence-corrected chi connectivity index (χ4v) is 2.61. The number of nitrogens with one attached hydrogen (secondary N) is 1. The highest BCUT2D eigenvalue weighted by Crippen LogP contribution is 2.25. The fraction of sp³-hybridized carbons (Fsp3) is 0.368. The van der Waals surface area contributed by atoms with Crippen molar-refractivity contribution < 1.29 is 4.74 Å². The third-order valence-electron chi connectivity index (χ3n) is 3.72. The molecule has 2 aromatic rings. The Morgan fingerprint density at radius 3 is 2.29 bits per heavy atom. The molecule has 0 aliphatic heterocycles. The number of para-hydroxylation sites is 1. The fourth-order valence-electron chi connectivity index (χ4n) is 2.61. The topological polar surface area (TPSA) is 21.3 Å². The van der Waals surface area contributed by atoms with Crippen LogP contribution >= 0.6 is 0 Å². The number of hydrogen-bond donors (Lipinski definition) is 1. The Hall–Kier alpha value is -1.80. The molecule has 0 spiro atoms. The van der Waals surface area contributed by atoms with Crippen molar-refractivity contribution >= 4 is 0 Å². The molecule has 2 unspecified atom stereocenters. The lowest BCUT2D eigenvalue weighted by Crippen LogP contribution is -2.34. The summed E-state index contributed by atoms with van der Waals surface area (Å²) in [7, 11) is 0. The van der Waals surface area contributed by atoms with Crippen molar-refractivity contribution in [1.29, 1.82) is 0 Å². The summed E-state index contributed by atoms with van der Waals surface area (Å²) >= 11 is 0. The van der Waals surface area contributed by atoms with Gasteiger partial charge in [0.25, 0.3) is 0 Å². The van der Waals surface area contributed by atoms with Gasteiger partial charge in [0.2, 0.25) is 0 Å². The molecule has 0 aliphatic carbocycles. The minimum atomic E-state index is 0.0695. The Morgan fingerprint density at radius 2 is 1.62 bits per heavy atom. The average molecular weight is 283 g/mol. The number of rotatable bonds is 7. The molecule has 0 amide bonds. The van der Waals surface area contributed by atoms with Gasteiger partial charge in [-0.25, -0.2) is 0 Å². The van der Waals surface area contributed by atoms with Crippen LogP contribution in [-0.2, 0) is 6.42 Å². The summed E-state index contributed by atoms with van der Waals surface area (Å²) in [5, 5.41) is 3.53. The van der Waals surface area contributed by atoms with Crippen LogP contribution in [0, 0.1) is 0 Å². The third-order valence-corrected chi connectivity index (χ3v) is 3.72. The number of likely N-dealkylation sites (N-methyl/N-ethyl adjacent to an activating group) is 1. The second-order valence-electron chi connectivity index (χ2n) is 5.23. The molecule has 2 aromatic carbocycles. The molecule has 2 rings (SSSR count). The number of benzene rings is 2. The van der Waals surface area contributed by atoms with Gasteiger partial charge in [-0.3, -0.25) is 0 Å². The first-order chi connectivity index (χ1) is 10.3. The van der Waals surface area contributed by atoms with Crippen molar-refractivity contribution in [3.63, 3.8) is 0 Å². The molecule has 0 bridgehead atoms. The van der Waals surface area contributed by atoms with E-state index >= 15 is 0 Å². The zero-order valence-electron chi connectivity index (χ0n) is 13.2. The van der Waals surface area contributed by atoms with Crippen LogP contribution < -0.4 is 10.1 Å². The van der Waals surface area contributed by atoms with Crippen molar-refractivity contribution in [3.8, 4) is 5.75 Å². The molecule has 21 heavy (non-hydrogen) atoms. The van der Waals surface area contributed by atoms with Crippen LogP contribution in [0.1, 0.15) is 37.9 Å². The number of aryl methyl sites for hydroxylation is 1. The molecule has 0 saturated carbocycles. The van der Waals surface area contributed by atoms with E-state index in [9.17, 15) is 0 Å². The molecule has 2 heteroatoms. The van der Waals surface area contributed by atoms with Crippen LogP contribution in [0.3, 0.4) is 0 Å². The molecule has 0 saturated heterocycles. The summed E-state index contributed by atoms with van der Waals surface area (Å²) in [6, 6.07) is 19.0. The molecule has 0 aliphatic rings. The van der Waals surface area contributed by atoms with E-state index in [2.05, 4.69) is 68.6 Å². The highest BCUT2D eigenvalue weighted by atomic mass is 16.5. The second-order valence-corrected chi connectivity index (χ2v) is 5.23. The summed E-state index contributed by atoms with van der Waals surface area (Å²) in [6.07, 6.45) is 1.06. The van der Waals surface area contributed by atoms with Gasteiger partial charge >= 0.3 is 0 Å². The van der Waals surface area contributed by atoms with Crippen LogP contribution in [0.4, 0.5) is 0 Å². The number of ether oxygens (including phenoxy) is 1. The summed E-state index contributed by atoms with van der Waals surface area (Å²) in [4.78, 5) is 0. The summed E-state index contributed by atoms with van der Waals surface area (Å²) in [5.74, 6) is 0.992. The van der Waals surface area contributed by atoms with Gasteiger partial charge in [-0.15, -0.1) is 0 Å². The first-order valence-electron chi connectivity index (χ1n) is 7.79. The van der Waals surface area contributed by atoms with Gasteiger partial charge in [-0.1, -0.05) is 62.4 Å². The predicted molar refractivity (Wildman–Crippen MR) is 88.8 cm³/mol. The Balaban J connectivity index is 2.17. The van der Waals surface area contributed by atoms with Crippen molar-refractivity contribution in [2.24, 2.45) is 0 Å². The van der Waals surface area contributed by atoms with Crippen molar-refractivity contribution in [1.82, 2.24) is 5.32 Å². The molecule has 2 atom stereocenters. The van der Waals surface area contributed by atoms with E-state index in [-0.39, 0.29) is 12.1 Å². The van der Waals surface area contributed by atoms with Crippen LogP contribution in [0.25, 0.3) is 0 Å². The van der Waals surface area contributed by atoms with E-state index in [0.717, 1.165) is 18.7 Å². The SMILES string of the molecule is CCNC(c1ccccc1)C(C)Oc1ccccc1CC. The van der Waals surface area contributed by atoms with Crippen LogP contribution in [0.2, 0.25) is 0 Å². The molecular weight excluding hydrogens is 258 g/mol. The van der Waals surface area contributed by atoms with Gasteiger partial charge in [0.15, 0.2) is 0 Å². The van der Waals surface area contributed by atoms with Crippen LogP contribution in [0.15, 0.2) is 54.6 Å². The average Bonchev–Trinajstić information content (AvgIpc) is 2.53. The van der Waals surface area contributed by atoms with E-state index in [0.29, 0.717) is 0 Å². The molecule has 0 heterocycles. The first-order valence-corrected chi connectivity index (χ1v) is 7.79. The zero-order chi connectivity index (χ0) is 15.1. The Bertz CT molecular complexity index is 538. The zero-order valence-corrected chi connectivity index (χ0v) is 13.2. The molecular formula is C19H25NO. The first kappa shape index (κ1) is 15.6. The normalized spacial score (nSPS) is 13.7. The summed E-state index contributed by atoms with van der Waals surface area (Å²) in [6.45, 7) is 7.34. The maximum Gasteiger partial charge on any atom is 0.122 e. The van der Waals surface area contributed by atoms with Gasteiger partial charge in [0, 0.05) is 0 Å². The monoisotopic (exact) mass is 283 g/mol. The van der Waals surface area contributed by atoms with Gasteiger partial charge in [0.05, 0.1) is 6.04 Å². The lowest BCUT2D eigenvalue weighted by Gasteiger charge is -2.27. The maximum absolute atomic E-state index is 6.24. The highest BCUT2D eigenvalue weighted by Gasteiger charge is 2.20. The molecule has 1 N–H and O–H groups in total. The summed E-state index contributed by atoms with van der Waals surface area (Å²) in [5.41, 5.74) is 2.52. The van der Waals surface area contributed by atoms with Crippen molar-refractivity contribution in [2.75, 3.05) is 6.54 Å². The molecule has 112 valence electrons. The van der Waals surface area contributed by atoms with Gasteiger partial charge in [-0.05, 0) is 37.1 Å². The third kappa shape index (κ3) is 4.08. The van der Waals surface area contributed by atoms with E-state index in [1.54, 1.807) is 0 Å². The maximum atomic E-state index is 6.24. The van der Waals surface area contributed by atoms with Crippen LogP contribution in [-0.4, -0.2) is 12.6 Å². The lowest BCUT2D eigenvalue weighted by molar-refractivity contribution is 0.170. The minimum Gasteiger partial charge on any atom is -0.488 e. The molecule has 0 fully saturated rings. The van der Waals surface area contributed by atoms with Gasteiger partial charge in [-0.2, -0.15) is 0 Å². The molecule has 0 radical (unpaired) electrons. The van der Waals surface area contributed by atoms with E-state index in [4.69, 9.17) is 4.74 Å². The molecule has 0 aromatic heterocycles. The lowest BCUT2D eigenvalue weighted by atomic mass is 10.0. The quantitative estimate of drug-likeness (QED) is 0.815. The van der Waals surface area contributed by atoms with E-state index < -0.39 is 0 Å². The second kappa shape index (κ2) is 7.84. The van der Waals surface area contributed by atoms with E-state index in [1.165, 1.54) is 11.1 Å². The minimum absolute atomic E-state index is 0.0695. The summed E-state index contributed by atoms with van der Waals surface area (Å²) < 4.78 is 6.24. The van der Waals surface area contributed by atoms with Crippen molar-refractivity contribution in [2.45, 2.75) is 39.3 Å². The van der Waals surface area contributed by atoms with Crippen LogP contribution in [0.5, 0.6) is 5.75 Å². The Labute approximate surface area is 128 Å². The van der Waals surface area contributed by atoms with Gasteiger partial charge < -0.3 is 10.1 Å². The predicted octanol–water partition coefficient (Wildman–Crippen LogP) is 4.37. The van der Waals surface area contributed by atoms with Gasteiger partial charge in [0.1, 0.15) is 11.9 Å². The van der Waals surface area contributed by atoms with Crippen molar-refractivity contribution in [3.05, 3.63) is 65.7 Å². The smallest absolute Gasteiger partial charge is 0.122 e. The number of hydrogen-bond acceptors (Lipinski definition) is 2.